The Hall–Kier alpha value is -3.39. The Morgan fingerprint density at radius 3 is 2.41 bits per heavy atom. The summed E-state index contributed by atoms with van der Waals surface area (Å²) in [6, 6.07) is 14.9. The van der Waals surface area contributed by atoms with E-state index in [1.165, 1.54) is 0 Å². The van der Waals surface area contributed by atoms with Gasteiger partial charge in [0.2, 0.25) is 5.91 Å². The molecule has 2 aromatic carbocycles. The van der Waals surface area contributed by atoms with Gasteiger partial charge < -0.3 is 39.2 Å². The van der Waals surface area contributed by atoms with Crippen LogP contribution in [0, 0.1) is 11.8 Å². The van der Waals surface area contributed by atoms with Crippen LogP contribution in [0.2, 0.25) is 0 Å². The lowest BCUT2D eigenvalue weighted by molar-refractivity contribution is -0.132. The molecule has 2 aromatic rings. The number of methoxy groups -OCH3 is 1. The van der Waals surface area contributed by atoms with E-state index < -0.39 is 41.0 Å². The number of ketones is 1. The molecule has 0 radical (unpaired) electrons. The summed E-state index contributed by atoms with van der Waals surface area (Å²) >= 11 is 0. The van der Waals surface area contributed by atoms with Crippen LogP contribution in [-0.4, -0.2) is 108 Å². The average molecular weight is 747 g/mol. The summed E-state index contributed by atoms with van der Waals surface area (Å²) in [5, 5.41) is 14.7. The number of ether oxygens (including phenoxy) is 4. The first-order valence-corrected chi connectivity index (χ1v) is 19.6. The minimum atomic E-state index is -1.06. The number of benzene rings is 2. The van der Waals surface area contributed by atoms with Gasteiger partial charge in [-0.2, -0.15) is 0 Å². The molecule has 12 heteroatoms. The number of Topliss-reactive ketones (excluding diaryl/α,β-unsaturated/α-hetero) is 1. The van der Waals surface area contributed by atoms with Crippen LogP contribution in [0.1, 0.15) is 85.6 Å². The zero-order valence-corrected chi connectivity index (χ0v) is 33.0. The monoisotopic (exact) mass is 746 g/mol. The highest BCUT2D eigenvalue weighted by Gasteiger charge is 2.56. The van der Waals surface area contributed by atoms with Crippen molar-refractivity contribution in [2.24, 2.45) is 11.8 Å². The molecule has 12 nitrogen and oxygen atoms in total. The van der Waals surface area contributed by atoms with E-state index >= 15 is 0 Å². The van der Waals surface area contributed by atoms with Gasteiger partial charge in [0.15, 0.2) is 23.9 Å². The number of nitrogens with one attached hydrogen (secondary N) is 1. The summed E-state index contributed by atoms with van der Waals surface area (Å²) in [4.78, 5) is 48.7. The van der Waals surface area contributed by atoms with Gasteiger partial charge in [-0.1, -0.05) is 30.3 Å². The fourth-order valence-corrected chi connectivity index (χ4v) is 8.52. The summed E-state index contributed by atoms with van der Waals surface area (Å²) in [6.07, 6.45) is 2.02. The molecule has 5 unspecified atom stereocenters. The highest BCUT2D eigenvalue weighted by atomic mass is 16.8. The van der Waals surface area contributed by atoms with Crippen LogP contribution in [0.25, 0.3) is 0 Å². The van der Waals surface area contributed by atoms with E-state index in [0.717, 1.165) is 18.4 Å². The molecule has 1 saturated carbocycles. The maximum absolute atomic E-state index is 14.9. The molecule has 4 aliphatic heterocycles. The number of carbonyl (C=O) groups excluding carboxylic acids is 3. The van der Waals surface area contributed by atoms with Crippen LogP contribution in [0.3, 0.4) is 0 Å². The van der Waals surface area contributed by atoms with Crippen molar-refractivity contribution in [3.63, 3.8) is 0 Å². The number of carbonyl (C=O) groups is 3. The highest BCUT2D eigenvalue weighted by molar-refractivity contribution is 6.04. The van der Waals surface area contributed by atoms with Gasteiger partial charge in [0.25, 0.3) is 5.91 Å². The molecule has 294 valence electrons. The second-order valence-corrected chi connectivity index (χ2v) is 17.8. The first kappa shape index (κ1) is 38.9. The number of hydrogen-bond acceptors (Lipinski definition) is 10. The van der Waals surface area contributed by atoms with Gasteiger partial charge in [-0.25, -0.2) is 0 Å². The third kappa shape index (κ3) is 8.24. The Bertz CT molecular complexity index is 1720. The summed E-state index contributed by atoms with van der Waals surface area (Å²) < 4.78 is 23.6. The van der Waals surface area contributed by atoms with E-state index in [1.807, 2.05) is 74.2 Å². The van der Waals surface area contributed by atoms with E-state index in [9.17, 15) is 19.5 Å². The topological polar surface area (TPSA) is 143 Å². The molecule has 5 aliphatic rings. The molecule has 2 amide bonds. The fraction of sp³-hybridized carbons (Fsp3) is 0.643. The smallest absolute Gasteiger partial charge is 0.270 e. The molecular formula is C42H58N4O8. The van der Waals surface area contributed by atoms with Crippen molar-refractivity contribution < 1.29 is 38.4 Å². The van der Waals surface area contributed by atoms with Crippen molar-refractivity contribution in [2.45, 2.75) is 128 Å². The number of piperidine rings is 1. The Labute approximate surface area is 319 Å². The van der Waals surface area contributed by atoms with Crippen molar-refractivity contribution in [1.29, 1.82) is 0 Å². The minimum Gasteiger partial charge on any atom is -0.476 e. The minimum absolute atomic E-state index is 0.0284. The maximum Gasteiger partial charge on any atom is 0.270 e. The lowest BCUT2D eigenvalue weighted by Gasteiger charge is -2.40. The quantitative estimate of drug-likeness (QED) is 0.208. The molecule has 4 heterocycles. The number of hydrogen-bond donors (Lipinski definition) is 2. The van der Waals surface area contributed by atoms with Gasteiger partial charge in [0.1, 0.15) is 5.75 Å². The van der Waals surface area contributed by atoms with Gasteiger partial charge in [-0.05, 0) is 97.9 Å². The number of anilines is 2. The second-order valence-electron chi connectivity index (χ2n) is 17.8. The Morgan fingerprint density at radius 1 is 1.06 bits per heavy atom. The van der Waals surface area contributed by atoms with Gasteiger partial charge in [-0.3, -0.25) is 19.3 Å². The molecule has 7 atom stereocenters. The molecule has 2 N–H and O–H groups in total. The molecule has 3 saturated heterocycles. The van der Waals surface area contributed by atoms with Crippen LogP contribution in [0.15, 0.2) is 48.5 Å². The number of aliphatic hydroxyl groups is 1. The Kier molecular flexibility index (Phi) is 10.5. The average Bonchev–Trinajstić information content (AvgIpc) is 3.98. The highest BCUT2D eigenvalue weighted by Crippen LogP contribution is 2.45. The van der Waals surface area contributed by atoms with Crippen LogP contribution in [0.4, 0.5) is 11.4 Å². The molecule has 0 bridgehead atoms. The second kappa shape index (κ2) is 14.6. The van der Waals surface area contributed by atoms with E-state index in [2.05, 4.69) is 10.2 Å². The number of nitrogens with zero attached hydrogens (tertiary/aromatic N) is 3. The zero-order valence-electron chi connectivity index (χ0n) is 33.0. The van der Waals surface area contributed by atoms with Crippen molar-refractivity contribution in [2.75, 3.05) is 43.2 Å². The van der Waals surface area contributed by atoms with Gasteiger partial charge >= 0.3 is 0 Å². The largest absolute Gasteiger partial charge is 0.476 e. The predicted molar refractivity (Wildman–Crippen MR) is 204 cm³/mol. The van der Waals surface area contributed by atoms with E-state index in [4.69, 9.17) is 18.9 Å². The normalized spacial score (nSPS) is 28.5. The van der Waals surface area contributed by atoms with Crippen molar-refractivity contribution in [1.82, 2.24) is 10.2 Å². The summed E-state index contributed by atoms with van der Waals surface area (Å²) in [6.45, 7) is 14.9. The third-order valence-corrected chi connectivity index (χ3v) is 11.2. The molecular weight excluding hydrogens is 688 g/mol. The van der Waals surface area contributed by atoms with Gasteiger partial charge in [0.05, 0.1) is 28.8 Å². The molecule has 4 fully saturated rings. The van der Waals surface area contributed by atoms with Crippen LogP contribution >= 0.6 is 0 Å². The fourth-order valence-electron chi connectivity index (χ4n) is 8.52. The Balaban J connectivity index is 1.15. The predicted octanol–water partition coefficient (Wildman–Crippen LogP) is 4.62. The van der Waals surface area contributed by atoms with Crippen LogP contribution in [0.5, 0.6) is 5.75 Å². The van der Waals surface area contributed by atoms with E-state index in [-0.39, 0.29) is 41.8 Å². The zero-order chi connectivity index (χ0) is 38.7. The number of amides is 2. The lowest BCUT2D eigenvalue weighted by Crippen LogP contribution is -2.53. The van der Waals surface area contributed by atoms with Gasteiger partial charge in [0, 0.05) is 63.0 Å². The number of likely N-dealkylation sites (tertiary alicyclic amines) is 1. The standard InChI is InChI=1S/C42H58N4O8/c1-40(2,3)54-38-37(52-38)44-23-26(35(47)34-33(43-34)32(41(4,5)50)25-13-10-9-11-14-25)21-27(24-44)36(48)46(28-15-16-28)29-17-18-31-30(22-29)45(19-12-20-51-8)39(49)42(6,7)53-31/h9-11,13-14,17-18,22,26-28,32-34,37-38,43,50H,12,15-16,19-21,23-24H2,1-8H3/t26-,27+,32?,33?,34?,37?,38?/m0/s1. The van der Waals surface area contributed by atoms with Crippen molar-refractivity contribution in [3.05, 3.63) is 54.1 Å². The van der Waals surface area contributed by atoms with Crippen molar-refractivity contribution >= 4 is 29.0 Å². The Morgan fingerprint density at radius 2 is 1.76 bits per heavy atom. The number of rotatable bonds is 14. The van der Waals surface area contributed by atoms with E-state index in [0.29, 0.717) is 56.2 Å². The van der Waals surface area contributed by atoms with Gasteiger partial charge in [-0.15, -0.1) is 0 Å². The molecule has 7 rings (SSSR count). The molecule has 54 heavy (non-hydrogen) atoms. The molecule has 0 spiro atoms. The lowest BCUT2D eigenvalue weighted by atomic mass is 9.78. The van der Waals surface area contributed by atoms with Crippen molar-refractivity contribution in [3.8, 4) is 5.75 Å². The first-order valence-electron chi connectivity index (χ1n) is 19.6. The SMILES string of the molecule is COCCCN1C(=O)C(C)(C)Oc2ccc(N(C(=O)[C@@H]3C[C@H](C(=O)C4NC4C(c4ccccc4)C(C)(C)O)CN(C4OC4OC(C)(C)C)C3)C3CC3)cc21. The summed E-state index contributed by atoms with van der Waals surface area (Å²) in [7, 11) is 1.64. The molecule has 1 aliphatic carbocycles. The summed E-state index contributed by atoms with van der Waals surface area (Å²) in [5.41, 5.74) is -0.169. The van der Waals surface area contributed by atoms with Crippen LogP contribution in [-0.2, 0) is 28.6 Å². The van der Waals surface area contributed by atoms with Crippen LogP contribution < -0.4 is 19.9 Å². The first-order chi connectivity index (χ1) is 25.5. The molecule has 0 aromatic heterocycles. The number of fused-ring (bicyclic) bond motifs is 1. The van der Waals surface area contributed by atoms with E-state index in [1.54, 1.807) is 39.7 Å². The summed E-state index contributed by atoms with van der Waals surface area (Å²) in [5.74, 6) is -0.719. The third-order valence-electron chi connectivity index (χ3n) is 11.2. The number of epoxide rings is 1. The maximum atomic E-state index is 14.9.